The van der Waals surface area contributed by atoms with Crippen LogP contribution in [0.15, 0.2) is 0 Å². The number of nitrogen functional groups attached to an aromatic ring is 1. The fraction of sp³-hybridized carbons (Fsp3) is 0.750. The number of nitrogens with two attached hydrogens (primary N) is 1. The van der Waals surface area contributed by atoms with Crippen molar-refractivity contribution in [2.24, 2.45) is 17.7 Å². The number of rotatable bonds is 7. The Hall–Kier alpha value is -1.36. The largest absolute Gasteiger partial charge is 0.356 e. The molecule has 0 saturated heterocycles. The molecule has 1 aromatic heterocycles. The van der Waals surface area contributed by atoms with Gasteiger partial charge in [-0.25, -0.2) is 15.8 Å². The molecule has 5 nitrogen and oxygen atoms in total. The van der Waals surface area contributed by atoms with Crippen LogP contribution in [0.25, 0.3) is 0 Å². The summed E-state index contributed by atoms with van der Waals surface area (Å²) in [5.41, 5.74) is 3.73. The van der Waals surface area contributed by atoms with E-state index >= 15 is 0 Å². The molecule has 1 heterocycles. The van der Waals surface area contributed by atoms with E-state index in [1.807, 2.05) is 6.92 Å². The fourth-order valence-corrected chi connectivity index (χ4v) is 2.36. The molecule has 0 atom stereocenters. The zero-order valence-corrected chi connectivity index (χ0v) is 14.6. The molecule has 3 N–H and O–H groups in total. The van der Waals surface area contributed by atoms with Gasteiger partial charge in [0.15, 0.2) is 0 Å². The Bertz CT molecular complexity index is 444. The lowest BCUT2D eigenvalue weighted by Crippen LogP contribution is -2.33. The highest BCUT2D eigenvalue weighted by Gasteiger charge is 2.19. The zero-order chi connectivity index (χ0) is 16.2. The van der Waals surface area contributed by atoms with Gasteiger partial charge in [0.1, 0.15) is 17.5 Å². The van der Waals surface area contributed by atoms with Gasteiger partial charge in [0.05, 0.1) is 0 Å². The van der Waals surface area contributed by atoms with E-state index in [0.717, 1.165) is 36.1 Å². The van der Waals surface area contributed by atoms with Gasteiger partial charge in [-0.3, -0.25) is 0 Å². The average molecular weight is 293 g/mol. The third kappa shape index (κ3) is 4.84. The second-order valence-corrected chi connectivity index (χ2v) is 6.87. The summed E-state index contributed by atoms with van der Waals surface area (Å²) in [6.07, 6.45) is 0. The molecule has 0 unspecified atom stereocenters. The predicted molar refractivity (Wildman–Crippen MR) is 90.6 cm³/mol. The highest BCUT2D eigenvalue weighted by Crippen LogP contribution is 2.26. The molecular formula is C16H31N5. The number of nitrogens with one attached hydrogen (secondary N) is 1. The van der Waals surface area contributed by atoms with Crippen molar-refractivity contribution in [2.45, 2.75) is 54.4 Å². The highest BCUT2D eigenvalue weighted by atomic mass is 15.3. The van der Waals surface area contributed by atoms with Crippen LogP contribution in [0.1, 0.15) is 58.8 Å². The maximum Gasteiger partial charge on any atom is 0.148 e. The van der Waals surface area contributed by atoms with E-state index in [4.69, 9.17) is 10.8 Å². The van der Waals surface area contributed by atoms with E-state index in [9.17, 15) is 0 Å². The van der Waals surface area contributed by atoms with Gasteiger partial charge in [-0.15, -0.1) is 0 Å². The maximum absolute atomic E-state index is 5.63. The summed E-state index contributed by atoms with van der Waals surface area (Å²) in [6.45, 7) is 17.1. The van der Waals surface area contributed by atoms with Crippen molar-refractivity contribution >= 4 is 11.6 Å². The molecule has 0 radical (unpaired) electrons. The molecule has 21 heavy (non-hydrogen) atoms. The first-order chi connectivity index (χ1) is 9.76. The molecule has 0 fully saturated rings. The van der Waals surface area contributed by atoms with Crippen LogP contribution >= 0.6 is 0 Å². The van der Waals surface area contributed by atoms with Crippen molar-refractivity contribution in [3.63, 3.8) is 0 Å². The van der Waals surface area contributed by atoms with Crippen LogP contribution in [-0.4, -0.2) is 23.1 Å². The lowest BCUT2D eigenvalue weighted by atomic mass is 10.1. The molecule has 1 rings (SSSR count). The minimum Gasteiger partial charge on any atom is -0.356 e. The number of nitrogens with zero attached hydrogens (tertiary/aromatic N) is 3. The molecule has 0 bridgehead atoms. The van der Waals surface area contributed by atoms with Crippen LogP contribution in [-0.2, 0) is 0 Å². The monoisotopic (exact) mass is 293 g/mol. The standard InChI is InChI=1S/C16H31N5/c1-10(2)8-21(9-11(3)4)16-13(7)15(20-17)18-14(19-16)12(5)6/h10-12H,8-9,17H2,1-7H3,(H,18,19,20). The van der Waals surface area contributed by atoms with Crippen molar-refractivity contribution in [3.05, 3.63) is 11.4 Å². The quantitative estimate of drug-likeness (QED) is 0.596. The molecule has 5 heteroatoms. The molecule has 0 aromatic carbocycles. The van der Waals surface area contributed by atoms with E-state index in [1.54, 1.807) is 0 Å². The summed E-state index contributed by atoms with van der Waals surface area (Å²) < 4.78 is 0. The number of aromatic nitrogens is 2. The van der Waals surface area contributed by atoms with Gasteiger partial charge in [-0.1, -0.05) is 41.5 Å². The van der Waals surface area contributed by atoms with Crippen molar-refractivity contribution < 1.29 is 0 Å². The molecule has 0 spiro atoms. The predicted octanol–water partition coefficient (Wildman–Crippen LogP) is 3.31. The number of anilines is 2. The van der Waals surface area contributed by atoms with E-state index in [0.29, 0.717) is 11.8 Å². The average Bonchev–Trinajstić information content (AvgIpc) is 2.36. The van der Waals surface area contributed by atoms with E-state index in [1.165, 1.54) is 0 Å². The van der Waals surface area contributed by atoms with Crippen molar-refractivity contribution in [1.82, 2.24) is 9.97 Å². The molecule has 0 saturated carbocycles. The molecule has 0 amide bonds. The van der Waals surface area contributed by atoms with Crippen molar-refractivity contribution in [3.8, 4) is 0 Å². The van der Waals surface area contributed by atoms with E-state index < -0.39 is 0 Å². The topological polar surface area (TPSA) is 67.1 Å². The summed E-state index contributed by atoms with van der Waals surface area (Å²) in [6, 6.07) is 0. The Morgan fingerprint density at radius 1 is 1.00 bits per heavy atom. The summed E-state index contributed by atoms with van der Waals surface area (Å²) in [5.74, 6) is 9.63. The Morgan fingerprint density at radius 3 is 1.90 bits per heavy atom. The Morgan fingerprint density at radius 2 is 1.52 bits per heavy atom. The van der Waals surface area contributed by atoms with Gasteiger partial charge in [0.2, 0.25) is 0 Å². The molecule has 0 aliphatic heterocycles. The van der Waals surface area contributed by atoms with Crippen LogP contribution in [0.2, 0.25) is 0 Å². The van der Waals surface area contributed by atoms with Crippen molar-refractivity contribution in [1.29, 1.82) is 0 Å². The van der Waals surface area contributed by atoms with Gasteiger partial charge < -0.3 is 10.3 Å². The highest BCUT2D eigenvalue weighted by molar-refractivity contribution is 5.58. The smallest absolute Gasteiger partial charge is 0.148 e. The number of hydrazine groups is 1. The van der Waals surface area contributed by atoms with Crippen LogP contribution in [0.3, 0.4) is 0 Å². The molecular weight excluding hydrogens is 262 g/mol. The first-order valence-electron chi connectivity index (χ1n) is 7.86. The first-order valence-corrected chi connectivity index (χ1v) is 7.86. The first kappa shape index (κ1) is 17.7. The zero-order valence-electron chi connectivity index (χ0n) is 14.6. The maximum atomic E-state index is 5.63. The van der Waals surface area contributed by atoms with Crippen LogP contribution < -0.4 is 16.2 Å². The second kappa shape index (κ2) is 7.59. The summed E-state index contributed by atoms with van der Waals surface area (Å²) in [4.78, 5) is 11.7. The Balaban J connectivity index is 3.30. The lowest BCUT2D eigenvalue weighted by Gasteiger charge is -2.29. The van der Waals surface area contributed by atoms with Gasteiger partial charge in [-0.2, -0.15) is 0 Å². The molecule has 0 aliphatic carbocycles. The van der Waals surface area contributed by atoms with E-state index in [-0.39, 0.29) is 5.92 Å². The second-order valence-electron chi connectivity index (χ2n) is 6.87. The summed E-state index contributed by atoms with van der Waals surface area (Å²) in [7, 11) is 0. The number of hydrogen-bond acceptors (Lipinski definition) is 5. The normalized spacial score (nSPS) is 11.6. The van der Waals surface area contributed by atoms with Gasteiger partial charge in [0.25, 0.3) is 0 Å². The Kier molecular flexibility index (Phi) is 6.40. The fourth-order valence-electron chi connectivity index (χ4n) is 2.36. The van der Waals surface area contributed by atoms with Crippen molar-refractivity contribution in [2.75, 3.05) is 23.4 Å². The SMILES string of the molecule is Cc1c(NN)nc(C(C)C)nc1N(CC(C)C)CC(C)C. The lowest BCUT2D eigenvalue weighted by molar-refractivity contribution is 0.546. The van der Waals surface area contributed by atoms with E-state index in [2.05, 4.69) is 56.9 Å². The molecule has 1 aromatic rings. The third-order valence-corrected chi connectivity index (χ3v) is 3.26. The van der Waals surface area contributed by atoms with Gasteiger partial charge >= 0.3 is 0 Å². The van der Waals surface area contributed by atoms with Crippen LogP contribution in [0.5, 0.6) is 0 Å². The number of hydrogen-bond donors (Lipinski definition) is 2. The molecule has 120 valence electrons. The van der Waals surface area contributed by atoms with Gasteiger partial charge in [0, 0.05) is 24.6 Å². The summed E-state index contributed by atoms with van der Waals surface area (Å²) >= 11 is 0. The summed E-state index contributed by atoms with van der Waals surface area (Å²) in [5, 5.41) is 0. The minimum atomic E-state index is 0.274. The minimum absolute atomic E-state index is 0.274. The molecule has 0 aliphatic rings. The van der Waals surface area contributed by atoms with Crippen LogP contribution in [0, 0.1) is 18.8 Å². The van der Waals surface area contributed by atoms with Crippen LogP contribution in [0.4, 0.5) is 11.6 Å². The Labute approximate surface area is 129 Å². The van der Waals surface area contributed by atoms with Gasteiger partial charge in [-0.05, 0) is 18.8 Å². The third-order valence-electron chi connectivity index (χ3n) is 3.26.